The Kier molecular flexibility index (Phi) is 3.42. The molecule has 0 radical (unpaired) electrons. The van der Waals surface area contributed by atoms with Crippen LogP contribution in [0.4, 0.5) is 4.39 Å². The molecule has 0 aliphatic carbocycles. The molecular formula is C18H11FN6S. The van der Waals surface area contributed by atoms with Crippen LogP contribution in [0.25, 0.3) is 22.6 Å². The Morgan fingerprint density at radius 3 is 2.73 bits per heavy atom. The van der Waals surface area contributed by atoms with Crippen molar-refractivity contribution in [1.29, 1.82) is 0 Å². The van der Waals surface area contributed by atoms with Crippen molar-refractivity contribution in [2.24, 2.45) is 0 Å². The second kappa shape index (κ2) is 5.92. The molecule has 4 heterocycles. The van der Waals surface area contributed by atoms with Crippen LogP contribution in [0.2, 0.25) is 0 Å². The minimum atomic E-state index is -0.360. The first-order valence-corrected chi connectivity index (χ1v) is 8.68. The number of fused-ring (bicyclic) bond motifs is 2. The van der Waals surface area contributed by atoms with Gasteiger partial charge in [-0.2, -0.15) is 9.61 Å². The average molecular weight is 362 g/mol. The highest BCUT2D eigenvalue weighted by Crippen LogP contribution is 2.27. The second-order valence-corrected chi connectivity index (χ2v) is 6.57. The molecule has 0 saturated carbocycles. The molecule has 5 rings (SSSR count). The Morgan fingerprint density at radius 2 is 1.81 bits per heavy atom. The summed E-state index contributed by atoms with van der Waals surface area (Å²) in [6.07, 6.45) is 3.76. The predicted molar refractivity (Wildman–Crippen MR) is 95.5 cm³/mol. The van der Waals surface area contributed by atoms with Crippen molar-refractivity contribution < 1.29 is 4.39 Å². The van der Waals surface area contributed by atoms with Gasteiger partial charge in [0.05, 0.1) is 17.3 Å². The predicted octanol–water partition coefficient (Wildman–Crippen LogP) is 3.73. The van der Waals surface area contributed by atoms with Crippen LogP contribution in [0.1, 0.15) is 0 Å². The minimum absolute atomic E-state index is 0.360. The van der Waals surface area contributed by atoms with Crippen LogP contribution >= 0.6 is 11.8 Å². The molecule has 0 aliphatic rings. The normalized spacial score (nSPS) is 11.4. The molecule has 0 atom stereocenters. The van der Waals surface area contributed by atoms with Crippen molar-refractivity contribution in [2.45, 2.75) is 10.2 Å². The first-order valence-electron chi connectivity index (χ1n) is 7.87. The van der Waals surface area contributed by atoms with E-state index < -0.39 is 0 Å². The summed E-state index contributed by atoms with van der Waals surface area (Å²) in [7, 11) is 0. The van der Waals surface area contributed by atoms with Crippen LogP contribution in [0.15, 0.2) is 77.2 Å². The third-order valence-electron chi connectivity index (χ3n) is 3.95. The Hall–Kier alpha value is -3.26. The molecule has 0 saturated heterocycles. The average Bonchev–Trinajstić information content (AvgIpc) is 3.27. The molecule has 0 unspecified atom stereocenters. The summed E-state index contributed by atoms with van der Waals surface area (Å²) in [5.41, 5.74) is 1.92. The summed E-state index contributed by atoms with van der Waals surface area (Å²) in [5, 5.41) is 14.3. The minimum Gasteiger partial charge on any atom is -0.295 e. The van der Waals surface area contributed by atoms with Gasteiger partial charge < -0.3 is 0 Å². The maximum absolute atomic E-state index is 14.1. The molecule has 6 nitrogen and oxygen atoms in total. The fourth-order valence-electron chi connectivity index (χ4n) is 2.73. The van der Waals surface area contributed by atoms with Crippen molar-refractivity contribution in [3.05, 3.63) is 72.8 Å². The van der Waals surface area contributed by atoms with Gasteiger partial charge in [-0.25, -0.2) is 9.37 Å². The van der Waals surface area contributed by atoms with E-state index in [1.807, 2.05) is 47.1 Å². The molecule has 126 valence electrons. The number of halogens is 1. The molecule has 0 aliphatic heterocycles. The fraction of sp³-hybridized carbons (Fsp3) is 0. The van der Waals surface area contributed by atoms with Gasteiger partial charge in [0.15, 0.2) is 16.6 Å². The molecule has 8 heteroatoms. The Morgan fingerprint density at radius 1 is 0.923 bits per heavy atom. The van der Waals surface area contributed by atoms with E-state index in [1.54, 1.807) is 22.7 Å². The zero-order valence-electron chi connectivity index (χ0n) is 13.3. The Balaban J connectivity index is 1.60. The third-order valence-corrected chi connectivity index (χ3v) is 4.87. The van der Waals surface area contributed by atoms with Gasteiger partial charge in [-0.1, -0.05) is 18.2 Å². The number of rotatable bonds is 3. The summed E-state index contributed by atoms with van der Waals surface area (Å²) in [6, 6.07) is 16.0. The van der Waals surface area contributed by atoms with E-state index in [0.29, 0.717) is 22.1 Å². The second-order valence-electron chi connectivity index (χ2n) is 5.58. The van der Waals surface area contributed by atoms with Gasteiger partial charge in [0, 0.05) is 6.20 Å². The number of imidazole rings is 1. The number of pyridine rings is 1. The largest absolute Gasteiger partial charge is 0.295 e. The van der Waals surface area contributed by atoms with E-state index in [-0.39, 0.29) is 5.82 Å². The third kappa shape index (κ3) is 2.42. The van der Waals surface area contributed by atoms with Crippen LogP contribution in [0.5, 0.6) is 0 Å². The lowest BCUT2D eigenvalue weighted by Crippen LogP contribution is -1.98. The zero-order chi connectivity index (χ0) is 17.5. The van der Waals surface area contributed by atoms with Crippen molar-refractivity contribution in [3.63, 3.8) is 0 Å². The van der Waals surface area contributed by atoms with Crippen molar-refractivity contribution in [1.82, 2.24) is 29.2 Å². The molecule has 0 bridgehead atoms. The zero-order valence-corrected chi connectivity index (χ0v) is 14.1. The molecule has 1 aromatic carbocycles. The monoisotopic (exact) mass is 362 g/mol. The van der Waals surface area contributed by atoms with Gasteiger partial charge in [0.2, 0.25) is 0 Å². The lowest BCUT2D eigenvalue weighted by molar-refractivity contribution is 0.629. The molecule has 4 aromatic heterocycles. The lowest BCUT2D eigenvalue weighted by Gasteiger charge is -2.03. The van der Waals surface area contributed by atoms with E-state index in [4.69, 9.17) is 0 Å². The van der Waals surface area contributed by atoms with Gasteiger partial charge in [0.1, 0.15) is 10.8 Å². The highest BCUT2D eigenvalue weighted by atomic mass is 32.2. The SMILES string of the molecule is Fc1ccccc1-c1nnc2ccc(Sc3ncc4ccccn34)nn12. The topological polar surface area (TPSA) is 60.4 Å². The standard InChI is InChI=1S/C18H11FN6S/c19-14-7-2-1-6-13(14)17-22-21-15-8-9-16(23-25(15)17)26-18-20-11-12-5-3-4-10-24(12)18/h1-11H. The first-order chi connectivity index (χ1) is 12.8. The quantitative estimate of drug-likeness (QED) is 0.489. The maximum Gasteiger partial charge on any atom is 0.188 e. The summed E-state index contributed by atoms with van der Waals surface area (Å²) in [4.78, 5) is 4.44. The Bertz CT molecular complexity index is 1240. The van der Waals surface area contributed by atoms with Crippen LogP contribution in [0.3, 0.4) is 0 Å². The van der Waals surface area contributed by atoms with Gasteiger partial charge in [-0.05, 0) is 48.2 Å². The molecule has 26 heavy (non-hydrogen) atoms. The number of hydrogen-bond acceptors (Lipinski definition) is 5. The molecule has 0 fully saturated rings. The molecular weight excluding hydrogens is 351 g/mol. The molecule has 0 amide bonds. The number of nitrogens with zero attached hydrogens (tertiary/aromatic N) is 6. The van der Waals surface area contributed by atoms with Crippen molar-refractivity contribution >= 4 is 22.9 Å². The lowest BCUT2D eigenvalue weighted by atomic mass is 10.2. The van der Waals surface area contributed by atoms with E-state index in [2.05, 4.69) is 20.3 Å². The van der Waals surface area contributed by atoms with Crippen LogP contribution in [0, 0.1) is 5.82 Å². The van der Waals surface area contributed by atoms with Crippen LogP contribution in [-0.2, 0) is 0 Å². The van der Waals surface area contributed by atoms with Crippen molar-refractivity contribution in [2.75, 3.05) is 0 Å². The van der Waals surface area contributed by atoms with Crippen LogP contribution in [-0.4, -0.2) is 29.2 Å². The first kappa shape index (κ1) is 15.0. The van der Waals surface area contributed by atoms with Gasteiger partial charge in [-0.15, -0.1) is 10.2 Å². The summed E-state index contributed by atoms with van der Waals surface area (Å²) >= 11 is 1.42. The Labute approximate surface area is 151 Å². The van der Waals surface area contributed by atoms with E-state index in [9.17, 15) is 4.39 Å². The number of aromatic nitrogens is 6. The van der Waals surface area contributed by atoms with Gasteiger partial charge >= 0.3 is 0 Å². The van der Waals surface area contributed by atoms with E-state index in [1.165, 1.54) is 17.8 Å². The molecule has 0 spiro atoms. The van der Waals surface area contributed by atoms with Gasteiger partial charge in [-0.3, -0.25) is 4.40 Å². The summed E-state index contributed by atoms with van der Waals surface area (Å²) in [6.45, 7) is 0. The van der Waals surface area contributed by atoms with Crippen LogP contribution < -0.4 is 0 Å². The number of benzene rings is 1. The summed E-state index contributed by atoms with van der Waals surface area (Å²) < 4.78 is 17.7. The fourth-order valence-corrected chi connectivity index (χ4v) is 3.54. The molecule has 5 aromatic rings. The number of hydrogen-bond donors (Lipinski definition) is 0. The smallest absolute Gasteiger partial charge is 0.188 e. The van der Waals surface area contributed by atoms with Crippen molar-refractivity contribution in [3.8, 4) is 11.4 Å². The highest BCUT2D eigenvalue weighted by molar-refractivity contribution is 7.99. The molecule has 0 N–H and O–H groups in total. The van der Waals surface area contributed by atoms with E-state index in [0.717, 1.165) is 10.7 Å². The van der Waals surface area contributed by atoms with E-state index >= 15 is 0 Å². The summed E-state index contributed by atoms with van der Waals surface area (Å²) in [5.74, 6) is 0.00873. The maximum atomic E-state index is 14.1. The highest BCUT2D eigenvalue weighted by Gasteiger charge is 2.14. The van der Waals surface area contributed by atoms with Gasteiger partial charge in [0.25, 0.3) is 0 Å².